The minimum absolute atomic E-state index is 0.0177. The third kappa shape index (κ3) is 5.15. The summed E-state index contributed by atoms with van der Waals surface area (Å²) in [7, 11) is -3.75. The topological polar surface area (TPSA) is 61.8 Å². The number of carbonyl (C=O) groups is 1. The molecule has 0 aliphatic carbocycles. The fourth-order valence-electron chi connectivity index (χ4n) is 1.45. The number of benzene rings is 1. The second-order valence-electron chi connectivity index (χ2n) is 3.78. The monoisotopic (exact) mass is 326 g/mol. The van der Waals surface area contributed by atoms with E-state index in [1.807, 2.05) is 0 Å². The predicted molar refractivity (Wildman–Crippen MR) is 67.7 cm³/mol. The van der Waals surface area contributed by atoms with E-state index < -0.39 is 42.9 Å². The summed E-state index contributed by atoms with van der Waals surface area (Å²) in [5, 5.41) is 0. The molecule has 118 valence electrons. The molecular formula is C12H14F3O5P. The number of ether oxygens (including phenoxy) is 1. The van der Waals surface area contributed by atoms with Gasteiger partial charge in [-0.05, 0) is 13.8 Å². The first-order valence-electron chi connectivity index (χ1n) is 6.04. The summed E-state index contributed by atoms with van der Waals surface area (Å²) in [5.74, 6) is -6.21. The van der Waals surface area contributed by atoms with Crippen LogP contribution in [-0.4, -0.2) is 25.3 Å². The number of hydrogen-bond acceptors (Lipinski definition) is 5. The Labute approximate surface area is 119 Å². The van der Waals surface area contributed by atoms with Gasteiger partial charge in [-0.2, -0.15) is 0 Å². The highest BCUT2D eigenvalue weighted by atomic mass is 31.2. The van der Waals surface area contributed by atoms with Crippen molar-refractivity contribution >= 4 is 13.6 Å². The van der Waals surface area contributed by atoms with Gasteiger partial charge in [0.05, 0.1) is 13.2 Å². The smallest absolute Gasteiger partial charge is 0.341 e. The van der Waals surface area contributed by atoms with E-state index in [1.54, 1.807) is 0 Å². The van der Waals surface area contributed by atoms with Crippen molar-refractivity contribution in [1.82, 2.24) is 0 Å². The minimum Gasteiger partial charge on any atom is -0.420 e. The predicted octanol–water partition coefficient (Wildman–Crippen LogP) is 3.28. The molecule has 0 radical (unpaired) electrons. The van der Waals surface area contributed by atoms with E-state index >= 15 is 0 Å². The molecule has 0 heterocycles. The maximum absolute atomic E-state index is 13.3. The maximum Gasteiger partial charge on any atom is 0.341 e. The zero-order chi connectivity index (χ0) is 16.0. The number of halogens is 3. The second-order valence-corrected chi connectivity index (χ2v) is 5.83. The van der Waals surface area contributed by atoms with Crippen molar-refractivity contribution in [2.45, 2.75) is 13.8 Å². The molecule has 0 spiro atoms. The van der Waals surface area contributed by atoms with Gasteiger partial charge >= 0.3 is 13.6 Å². The standard InChI is InChI=1S/C12H14F3O5P/c1-3-18-21(17,19-4-2)7-11(16)20-12-9(14)5-8(13)6-10(12)15/h5-6H,3-4,7H2,1-2H3. The van der Waals surface area contributed by atoms with Gasteiger partial charge in [0.15, 0.2) is 11.6 Å². The average molecular weight is 326 g/mol. The van der Waals surface area contributed by atoms with Crippen molar-refractivity contribution in [3.63, 3.8) is 0 Å². The normalized spacial score (nSPS) is 11.5. The van der Waals surface area contributed by atoms with Crippen molar-refractivity contribution in [1.29, 1.82) is 0 Å². The maximum atomic E-state index is 13.3. The van der Waals surface area contributed by atoms with E-state index in [0.29, 0.717) is 12.1 Å². The Kier molecular flexibility index (Phi) is 6.39. The summed E-state index contributed by atoms with van der Waals surface area (Å²) in [6, 6.07) is 0.715. The SMILES string of the molecule is CCOP(=O)(CC(=O)Oc1c(F)cc(F)cc1F)OCC. The van der Waals surface area contributed by atoms with Gasteiger partial charge in [0.1, 0.15) is 12.0 Å². The average Bonchev–Trinajstić information content (AvgIpc) is 2.34. The number of rotatable bonds is 7. The van der Waals surface area contributed by atoms with Crippen LogP contribution in [0, 0.1) is 17.5 Å². The first kappa shape index (κ1) is 17.7. The highest BCUT2D eigenvalue weighted by molar-refractivity contribution is 7.54. The van der Waals surface area contributed by atoms with Gasteiger partial charge in [-0.1, -0.05) is 0 Å². The Balaban J connectivity index is 2.84. The van der Waals surface area contributed by atoms with Crippen LogP contribution in [0.25, 0.3) is 0 Å². The molecule has 1 rings (SSSR count). The Hall–Kier alpha value is -1.37. The van der Waals surface area contributed by atoms with Crippen LogP contribution in [0.2, 0.25) is 0 Å². The lowest BCUT2D eigenvalue weighted by molar-refractivity contribution is -0.132. The first-order valence-corrected chi connectivity index (χ1v) is 7.77. The van der Waals surface area contributed by atoms with E-state index in [4.69, 9.17) is 9.05 Å². The molecule has 0 bridgehead atoms. The van der Waals surface area contributed by atoms with Crippen molar-refractivity contribution < 1.29 is 36.3 Å². The summed E-state index contributed by atoms with van der Waals surface area (Å²) in [6.07, 6.45) is -0.815. The quantitative estimate of drug-likeness (QED) is 0.437. The number of hydrogen-bond donors (Lipinski definition) is 0. The summed E-state index contributed by atoms with van der Waals surface area (Å²) in [4.78, 5) is 11.6. The van der Waals surface area contributed by atoms with Crippen LogP contribution in [-0.2, 0) is 18.4 Å². The van der Waals surface area contributed by atoms with Gasteiger partial charge in [-0.3, -0.25) is 9.36 Å². The lowest BCUT2D eigenvalue weighted by Crippen LogP contribution is -2.17. The van der Waals surface area contributed by atoms with Gasteiger partial charge in [0.2, 0.25) is 5.75 Å². The van der Waals surface area contributed by atoms with E-state index in [2.05, 4.69) is 4.74 Å². The first-order chi connectivity index (χ1) is 9.81. The molecule has 0 saturated carbocycles. The third-order valence-corrected chi connectivity index (χ3v) is 4.10. The van der Waals surface area contributed by atoms with Crippen molar-refractivity contribution in [2.75, 3.05) is 19.4 Å². The fourth-order valence-corrected chi connectivity index (χ4v) is 2.88. The molecular weight excluding hydrogens is 312 g/mol. The summed E-state index contributed by atoms with van der Waals surface area (Å²) in [5.41, 5.74) is 0. The highest BCUT2D eigenvalue weighted by Crippen LogP contribution is 2.47. The van der Waals surface area contributed by atoms with E-state index in [-0.39, 0.29) is 13.2 Å². The number of esters is 1. The molecule has 0 unspecified atom stereocenters. The molecule has 5 nitrogen and oxygen atoms in total. The van der Waals surface area contributed by atoms with Crippen LogP contribution in [0.3, 0.4) is 0 Å². The molecule has 0 fully saturated rings. The summed E-state index contributed by atoms with van der Waals surface area (Å²) >= 11 is 0. The Morgan fingerprint density at radius 3 is 2.00 bits per heavy atom. The number of carbonyl (C=O) groups excluding carboxylic acids is 1. The molecule has 0 aliphatic heterocycles. The van der Waals surface area contributed by atoms with Crippen molar-refractivity contribution in [3.8, 4) is 5.75 Å². The molecule has 21 heavy (non-hydrogen) atoms. The van der Waals surface area contributed by atoms with Crippen LogP contribution in [0.4, 0.5) is 13.2 Å². The van der Waals surface area contributed by atoms with Crippen LogP contribution >= 0.6 is 7.60 Å². The van der Waals surface area contributed by atoms with Gasteiger partial charge in [-0.25, -0.2) is 13.2 Å². The van der Waals surface area contributed by atoms with Crippen LogP contribution in [0.15, 0.2) is 12.1 Å². The Morgan fingerprint density at radius 2 is 1.57 bits per heavy atom. The second kappa shape index (κ2) is 7.59. The lowest BCUT2D eigenvalue weighted by Gasteiger charge is -2.16. The Morgan fingerprint density at radius 1 is 1.10 bits per heavy atom. The molecule has 0 atom stereocenters. The zero-order valence-electron chi connectivity index (χ0n) is 11.4. The molecule has 0 amide bonds. The van der Waals surface area contributed by atoms with E-state index in [0.717, 1.165) is 0 Å². The molecule has 0 N–H and O–H groups in total. The van der Waals surface area contributed by atoms with Crippen LogP contribution < -0.4 is 4.74 Å². The van der Waals surface area contributed by atoms with E-state index in [1.165, 1.54) is 13.8 Å². The third-order valence-electron chi connectivity index (χ3n) is 2.15. The van der Waals surface area contributed by atoms with Gasteiger partial charge in [0.25, 0.3) is 0 Å². The van der Waals surface area contributed by atoms with Crippen molar-refractivity contribution in [2.24, 2.45) is 0 Å². The molecule has 1 aromatic rings. The highest BCUT2D eigenvalue weighted by Gasteiger charge is 2.30. The lowest BCUT2D eigenvalue weighted by atomic mass is 10.3. The molecule has 1 aromatic carbocycles. The van der Waals surface area contributed by atoms with Crippen LogP contribution in [0.1, 0.15) is 13.8 Å². The summed E-state index contributed by atoms with van der Waals surface area (Å²) in [6.45, 7) is 3.11. The largest absolute Gasteiger partial charge is 0.420 e. The zero-order valence-corrected chi connectivity index (χ0v) is 12.3. The minimum atomic E-state index is -3.75. The van der Waals surface area contributed by atoms with Gasteiger partial charge < -0.3 is 13.8 Å². The summed E-state index contributed by atoms with van der Waals surface area (Å²) < 4.78 is 65.5. The van der Waals surface area contributed by atoms with Crippen molar-refractivity contribution in [3.05, 3.63) is 29.6 Å². The molecule has 0 aromatic heterocycles. The molecule has 0 aliphatic rings. The van der Waals surface area contributed by atoms with E-state index in [9.17, 15) is 22.5 Å². The molecule has 9 heteroatoms. The Bertz CT molecular complexity index is 531. The van der Waals surface area contributed by atoms with Gasteiger partial charge in [-0.15, -0.1) is 0 Å². The van der Waals surface area contributed by atoms with Crippen LogP contribution in [0.5, 0.6) is 5.75 Å². The fraction of sp³-hybridized carbons (Fsp3) is 0.417. The molecule has 0 saturated heterocycles. The van der Waals surface area contributed by atoms with Gasteiger partial charge in [0, 0.05) is 12.1 Å².